The van der Waals surface area contributed by atoms with Crippen LogP contribution in [0.4, 0.5) is 10.3 Å². The van der Waals surface area contributed by atoms with E-state index in [0.717, 1.165) is 16.6 Å². The van der Waals surface area contributed by atoms with Crippen molar-refractivity contribution in [2.75, 3.05) is 11.9 Å². The van der Waals surface area contributed by atoms with Gasteiger partial charge in [-0.3, -0.25) is 13.9 Å². The third-order valence-electron chi connectivity index (χ3n) is 4.94. The SMILES string of the molecule is Cn1c(=O)c2c(-c3cccc(F)c3)c(NCCc3ccccc3)oc2n(C)c1=O. The lowest BCUT2D eigenvalue weighted by Gasteiger charge is -2.07. The smallest absolute Gasteiger partial charge is 0.333 e. The molecule has 0 aliphatic carbocycles. The van der Waals surface area contributed by atoms with Gasteiger partial charge >= 0.3 is 5.69 Å². The molecule has 0 fully saturated rings. The Morgan fingerprint density at radius 2 is 1.76 bits per heavy atom. The van der Waals surface area contributed by atoms with E-state index < -0.39 is 17.1 Å². The summed E-state index contributed by atoms with van der Waals surface area (Å²) in [4.78, 5) is 25.2. The van der Waals surface area contributed by atoms with Crippen LogP contribution in [-0.4, -0.2) is 15.7 Å². The average molecular weight is 393 g/mol. The molecule has 0 spiro atoms. The van der Waals surface area contributed by atoms with Gasteiger partial charge in [-0.1, -0.05) is 42.5 Å². The van der Waals surface area contributed by atoms with E-state index in [1.165, 1.54) is 30.8 Å². The molecular formula is C22H20FN3O3. The fourth-order valence-electron chi connectivity index (χ4n) is 3.43. The number of nitrogens with one attached hydrogen (secondary N) is 1. The summed E-state index contributed by atoms with van der Waals surface area (Å²) in [6, 6.07) is 15.9. The van der Waals surface area contributed by atoms with Gasteiger partial charge in [0, 0.05) is 20.6 Å². The highest BCUT2D eigenvalue weighted by Crippen LogP contribution is 2.36. The number of aromatic nitrogens is 2. The molecule has 1 N–H and O–H groups in total. The van der Waals surface area contributed by atoms with Crippen molar-refractivity contribution in [2.24, 2.45) is 14.1 Å². The summed E-state index contributed by atoms with van der Waals surface area (Å²) in [7, 11) is 2.95. The fourth-order valence-corrected chi connectivity index (χ4v) is 3.43. The number of aryl methyl sites for hydroxylation is 1. The maximum atomic E-state index is 13.9. The Balaban J connectivity index is 1.85. The van der Waals surface area contributed by atoms with Crippen LogP contribution in [0.15, 0.2) is 68.6 Å². The number of nitrogens with zero attached hydrogens (tertiary/aromatic N) is 2. The maximum absolute atomic E-state index is 13.9. The van der Waals surface area contributed by atoms with Gasteiger partial charge < -0.3 is 9.73 Å². The molecule has 148 valence electrons. The van der Waals surface area contributed by atoms with Crippen LogP contribution in [0.25, 0.3) is 22.2 Å². The van der Waals surface area contributed by atoms with Crippen molar-refractivity contribution in [3.05, 3.63) is 86.8 Å². The van der Waals surface area contributed by atoms with Crippen LogP contribution in [0.5, 0.6) is 0 Å². The molecule has 2 aromatic heterocycles. The first-order chi connectivity index (χ1) is 14.0. The first kappa shape index (κ1) is 18.7. The Hall–Kier alpha value is -3.61. The molecule has 6 nitrogen and oxygen atoms in total. The number of anilines is 1. The van der Waals surface area contributed by atoms with Crippen molar-refractivity contribution in [2.45, 2.75) is 6.42 Å². The summed E-state index contributed by atoms with van der Waals surface area (Å²) in [5.41, 5.74) is 1.27. The molecule has 2 aromatic carbocycles. The molecule has 0 atom stereocenters. The Morgan fingerprint density at radius 1 is 1.00 bits per heavy atom. The second-order valence-corrected chi connectivity index (χ2v) is 6.86. The van der Waals surface area contributed by atoms with Crippen molar-refractivity contribution in [3.8, 4) is 11.1 Å². The van der Waals surface area contributed by atoms with E-state index in [4.69, 9.17) is 4.42 Å². The number of hydrogen-bond donors (Lipinski definition) is 1. The minimum atomic E-state index is -0.488. The van der Waals surface area contributed by atoms with Gasteiger partial charge in [0.05, 0.1) is 5.56 Å². The summed E-state index contributed by atoms with van der Waals surface area (Å²) in [5.74, 6) is -0.0893. The van der Waals surface area contributed by atoms with Crippen molar-refractivity contribution in [1.82, 2.24) is 9.13 Å². The number of halogens is 1. The monoisotopic (exact) mass is 393 g/mol. The van der Waals surface area contributed by atoms with Crippen molar-refractivity contribution in [3.63, 3.8) is 0 Å². The van der Waals surface area contributed by atoms with E-state index in [-0.39, 0.29) is 11.1 Å². The molecule has 0 aliphatic rings. The molecule has 29 heavy (non-hydrogen) atoms. The van der Waals surface area contributed by atoms with Crippen LogP contribution in [0.1, 0.15) is 5.56 Å². The summed E-state index contributed by atoms with van der Waals surface area (Å²) in [6.45, 7) is 0.542. The molecule has 0 radical (unpaired) electrons. The Morgan fingerprint density at radius 3 is 2.48 bits per heavy atom. The third kappa shape index (κ3) is 3.35. The second kappa shape index (κ2) is 7.43. The summed E-state index contributed by atoms with van der Waals surface area (Å²) in [6.07, 6.45) is 0.734. The van der Waals surface area contributed by atoms with Gasteiger partial charge in [-0.25, -0.2) is 9.18 Å². The number of fused-ring (bicyclic) bond motifs is 1. The summed E-state index contributed by atoms with van der Waals surface area (Å²) >= 11 is 0. The normalized spacial score (nSPS) is 11.1. The minimum Gasteiger partial charge on any atom is -0.423 e. The molecule has 7 heteroatoms. The first-order valence-corrected chi connectivity index (χ1v) is 9.23. The number of benzene rings is 2. The van der Waals surface area contributed by atoms with Crippen LogP contribution in [0.2, 0.25) is 0 Å². The van der Waals surface area contributed by atoms with Crippen LogP contribution >= 0.6 is 0 Å². The number of furan rings is 1. The van der Waals surface area contributed by atoms with E-state index in [1.807, 2.05) is 30.3 Å². The quantitative estimate of drug-likeness (QED) is 0.565. The van der Waals surface area contributed by atoms with Crippen LogP contribution in [0.3, 0.4) is 0 Å². The highest BCUT2D eigenvalue weighted by molar-refractivity contribution is 5.98. The molecule has 0 bridgehead atoms. The number of rotatable bonds is 5. The minimum absolute atomic E-state index is 0.152. The molecule has 0 amide bonds. The van der Waals surface area contributed by atoms with Crippen molar-refractivity contribution >= 4 is 17.0 Å². The summed E-state index contributed by atoms with van der Waals surface area (Å²) in [5, 5.41) is 3.45. The largest absolute Gasteiger partial charge is 0.423 e. The Kier molecular flexibility index (Phi) is 4.80. The maximum Gasteiger partial charge on any atom is 0.333 e. The van der Waals surface area contributed by atoms with Crippen LogP contribution in [0, 0.1) is 5.82 Å². The van der Waals surface area contributed by atoms with E-state index in [0.29, 0.717) is 23.6 Å². The molecular weight excluding hydrogens is 373 g/mol. The molecule has 4 aromatic rings. The lowest BCUT2D eigenvalue weighted by molar-refractivity contribution is 0.573. The van der Waals surface area contributed by atoms with Gasteiger partial charge in [0.15, 0.2) is 0 Å². The predicted octanol–water partition coefficient (Wildman–Crippen LogP) is 3.29. The highest BCUT2D eigenvalue weighted by atomic mass is 19.1. The van der Waals surface area contributed by atoms with Gasteiger partial charge in [-0.15, -0.1) is 0 Å². The number of hydrogen-bond acceptors (Lipinski definition) is 4. The van der Waals surface area contributed by atoms with E-state index in [2.05, 4.69) is 5.32 Å². The van der Waals surface area contributed by atoms with Crippen molar-refractivity contribution < 1.29 is 8.81 Å². The van der Waals surface area contributed by atoms with Gasteiger partial charge in [0.25, 0.3) is 5.56 Å². The second-order valence-electron chi connectivity index (χ2n) is 6.86. The lowest BCUT2D eigenvalue weighted by atomic mass is 10.0. The molecule has 2 heterocycles. The van der Waals surface area contributed by atoms with E-state index in [1.54, 1.807) is 12.1 Å². The van der Waals surface area contributed by atoms with Crippen LogP contribution in [-0.2, 0) is 20.5 Å². The zero-order valence-electron chi connectivity index (χ0n) is 16.1. The summed E-state index contributed by atoms with van der Waals surface area (Å²) < 4.78 is 22.1. The Bertz CT molecular complexity index is 1300. The molecule has 0 aliphatic heterocycles. The molecule has 0 saturated heterocycles. The Labute approximate surface area is 165 Å². The standard InChI is InChI=1S/C22H20FN3O3/c1-25-20(27)18-17(15-9-6-10-16(23)13-15)19(29-21(18)26(2)22(25)28)24-12-11-14-7-4-3-5-8-14/h3-10,13,24H,11-12H2,1-2H3. The van der Waals surface area contributed by atoms with Gasteiger partial charge in [0.1, 0.15) is 11.2 Å². The zero-order chi connectivity index (χ0) is 20.5. The van der Waals surface area contributed by atoms with Crippen LogP contribution < -0.4 is 16.6 Å². The fraction of sp³-hybridized carbons (Fsp3) is 0.182. The average Bonchev–Trinajstić information content (AvgIpc) is 3.11. The van der Waals surface area contributed by atoms with Gasteiger partial charge in [-0.2, -0.15) is 0 Å². The zero-order valence-corrected chi connectivity index (χ0v) is 16.1. The predicted molar refractivity (Wildman–Crippen MR) is 111 cm³/mol. The first-order valence-electron chi connectivity index (χ1n) is 9.23. The topological polar surface area (TPSA) is 69.2 Å². The van der Waals surface area contributed by atoms with E-state index >= 15 is 0 Å². The van der Waals surface area contributed by atoms with E-state index in [9.17, 15) is 14.0 Å². The van der Waals surface area contributed by atoms with Gasteiger partial charge in [-0.05, 0) is 29.7 Å². The van der Waals surface area contributed by atoms with Crippen molar-refractivity contribution in [1.29, 1.82) is 0 Å². The molecule has 0 saturated carbocycles. The lowest BCUT2D eigenvalue weighted by Crippen LogP contribution is -2.36. The highest BCUT2D eigenvalue weighted by Gasteiger charge is 2.23. The molecule has 4 rings (SSSR count). The van der Waals surface area contributed by atoms with Gasteiger partial charge in [0.2, 0.25) is 11.6 Å². The third-order valence-corrected chi connectivity index (χ3v) is 4.94. The molecule has 0 unspecified atom stereocenters.